The van der Waals surface area contributed by atoms with Gasteiger partial charge in [-0.1, -0.05) is 0 Å². The van der Waals surface area contributed by atoms with Crippen LogP contribution in [0.4, 0.5) is 17.6 Å². The van der Waals surface area contributed by atoms with E-state index in [4.69, 9.17) is 0 Å². The van der Waals surface area contributed by atoms with Crippen LogP contribution in [-0.4, -0.2) is 11.3 Å². The van der Waals surface area contributed by atoms with Gasteiger partial charge >= 0.3 is 6.36 Å². The third-order valence-corrected chi connectivity index (χ3v) is 1.61. The van der Waals surface area contributed by atoms with Crippen LogP contribution in [0, 0.1) is 5.95 Å². The van der Waals surface area contributed by atoms with Crippen LogP contribution in [0.1, 0.15) is 0 Å². The summed E-state index contributed by atoms with van der Waals surface area (Å²) >= 11 is 2.73. The Hall–Kier alpha value is -0.850. The highest BCUT2D eigenvalue weighted by Gasteiger charge is 2.32. The average molecular weight is 260 g/mol. The minimum atomic E-state index is -4.84. The van der Waals surface area contributed by atoms with Crippen molar-refractivity contribution in [3.8, 4) is 5.75 Å². The molecule has 0 N–H and O–H groups in total. The smallest absolute Gasteiger partial charge is 0.404 e. The Kier molecular flexibility index (Phi) is 2.74. The molecule has 0 spiro atoms. The molecule has 0 aliphatic carbocycles. The Bertz CT molecular complexity index is 314. The van der Waals surface area contributed by atoms with E-state index in [0.717, 1.165) is 6.20 Å². The predicted octanol–water partition coefficient (Wildman–Crippen LogP) is 2.88. The molecule has 1 aromatic heterocycles. The molecule has 0 atom stereocenters. The molecule has 72 valence electrons. The molecule has 0 amide bonds. The molecule has 1 aromatic rings. The minimum Gasteiger partial charge on any atom is -0.404 e. The van der Waals surface area contributed by atoms with Crippen molar-refractivity contribution in [1.29, 1.82) is 0 Å². The summed E-state index contributed by atoms with van der Waals surface area (Å²) in [6.07, 6.45) is -3.95. The molecule has 0 aliphatic heterocycles. The van der Waals surface area contributed by atoms with Crippen LogP contribution in [0.15, 0.2) is 16.7 Å². The first-order valence-electron chi connectivity index (χ1n) is 2.95. The van der Waals surface area contributed by atoms with Crippen molar-refractivity contribution in [2.75, 3.05) is 0 Å². The Balaban J connectivity index is 2.94. The van der Waals surface area contributed by atoms with Gasteiger partial charge in [0.1, 0.15) is 5.75 Å². The fraction of sp³-hybridized carbons (Fsp3) is 0.167. The van der Waals surface area contributed by atoms with Gasteiger partial charge in [-0.2, -0.15) is 4.39 Å². The Morgan fingerprint density at radius 2 is 2.00 bits per heavy atom. The van der Waals surface area contributed by atoms with E-state index < -0.39 is 18.1 Å². The summed E-state index contributed by atoms with van der Waals surface area (Å²) in [5.74, 6) is -1.69. The van der Waals surface area contributed by atoms with Gasteiger partial charge < -0.3 is 4.74 Å². The van der Waals surface area contributed by atoms with Crippen LogP contribution in [0.25, 0.3) is 0 Å². The molecule has 0 unspecified atom stereocenters. The molecule has 0 radical (unpaired) electrons. The Morgan fingerprint density at radius 1 is 1.38 bits per heavy atom. The van der Waals surface area contributed by atoms with Crippen LogP contribution in [0.2, 0.25) is 0 Å². The van der Waals surface area contributed by atoms with Gasteiger partial charge in [-0.3, -0.25) is 0 Å². The zero-order valence-electron chi connectivity index (χ0n) is 5.90. The number of hydrogen-bond acceptors (Lipinski definition) is 2. The van der Waals surface area contributed by atoms with Crippen LogP contribution >= 0.6 is 15.9 Å². The maximum atomic E-state index is 12.3. The topological polar surface area (TPSA) is 22.1 Å². The largest absolute Gasteiger partial charge is 0.573 e. The minimum absolute atomic E-state index is 0.0637. The van der Waals surface area contributed by atoms with E-state index in [9.17, 15) is 17.6 Å². The number of halogens is 5. The predicted molar refractivity (Wildman–Crippen MR) is 38.6 cm³/mol. The Labute approximate surface area is 78.7 Å². The van der Waals surface area contributed by atoms with Crippen LogP contribution in [-0.2, 0) is 0 Å². The summed E-state index contributed by atoms with van der Waals surface area (Å²) in [5, 5.41) is 0. The highest BCUT2D eigenvalue weighted by molar-refractivity contribution is 9.10. The fourth-order valence-electron chi connectivity index (χ4n) is 0.599. The lowest BCUT2D eigenvalue weighted by Crippen LogP contribution is -2.17. The lowest BCUT2D eigenvalue weighted by Gasteiger charge is -2.09. The highest BCUT2D eigenvalue weighted by atomic mass is 79.9. The van der Waals surface area contributed by atoms with E-state index in [0.29, 0.717) is 6.07 Å². The number of nitrogens with zero attached hydrogens (tertiary/aromatic N) is 1. The van der Waals surface area contributed by atoms with Crippen LogP contribution in [0.5, 0.6) is 5.75 Å². The molecule has 0 bridgehead atoms. The van der Waals surface area contributed by atoms with Gasteiger partial charge in [-0.05, 0) is 15.9 Å². The van der Waals surface area contributed by atoms with Gasteiger partial charge in [-0.25, -0.2) is 4.98 Å². The summed E-state index contributed by atoms with van der Waals surface area (Å²) in [4.78, 5) is 3.11. The standard InChI is InChI=1S/C6H2BrF4NO/c7-3-2-12-5(8)1-4(3)13-6(9,10)11/h1-2H. The molecule has 2 nitrogen and oxygen atoms in total. The van der Waals surface area contributed by atoms with Crippen molar-refractivity contribution >= 4 is 15.9 Å². The van der Waals surface area contributed by atoms with Crippen molar-refractivity contribution < 1.29 is 22.3 Å². The van der Waals surface area contributed by atoms with E-state index in [1.54, 1.807) is 0 Å². The number of hydrogen-bond donors (Lipinski definition) is 0. The van der Waals surface area contributed by atoms with E-state index in [2.05, 4.69) is 25.7 Å². The summed E-state index contributed by atoms with van der Waals surface area (Å²) in [7, 11) is 0. The number of ether oxygens (including phenoxy) is 1. The zero-order valence-corrected chi connectivity index (χ0v) is 7.49. The van der Waals surface area contributed by atoms with Crippen molar-refractivity contribution in [2.45, 2.75) is 6.36 Å². The quantitative estimate of drug-likeness (QED) is 0.572. The fourth-order valence-corrected chi connectivity index (χ4v) is 0.897. The van der Waals surface area contributed by atoms with Crippen LogP contribution in [0.3, 0.4) is 0 Å². The SMILES string of the molecule is Fc1cc(OC(F)(F)F)c(Br)cn1. The third kappa shape index (κ3) is 3.17. The molecular formula is C6H2BrF4NO. The molecule has 0 saturated carbocycles. The first-order chi connectivity index (χ1) is 5.88. The van der Waals surface area contributed by atoms with E-state index in [1.165, 1.54) is 0 Å². The average Bonchev–Trinajstić information content (AvgIpc) is 1.94. The van der Waals surface area contributed by atoms with Crippen LogP contribution < -0.4 is 4.74 Å². The van der Waals surface area contributed by atoms with Gasteiger partial charge in [0.25, 0.3) is 0 Å². The number of aromatic nitrogens is 1. The van der Waals surface area contributed by atoms with Gasteiger partial charge in [0.05, 0.1) is 4.47 Å². The molecule has 7 heteroatoms. The molecule has 1 heterocycles. The summed E-state index contributed by atoms with van der Waals surface area (Å²) < 4.78 is 50.8. The van der Waals surface area contributed by atoms with Gasteiger partial charge in [-0.15, -0.1) is 13.2 Å². The van der Waals surface area contributed by atoms with E-state index in [-0.39, 0.29) is 4.47 Å². The molecule has 0 fully saturated rings. The third-order valence-electron chi connectivity index (χ3n) is 1.01. The van der Waals surface area contributed by atoms with E-state index >= 15 is 0 Å². The van der Waals surface area contributed by atoms with E-state index in [1.807, 2.05) is 0 Å². The monoisotopic (exact) mass is 259 g/mol. The first kappa shape index (κ1) is 10.2. The summed E-state index contributed by atoms with van der Waals surface area (Å²) in [6.45, 7) is 0. The molecule has 0 aromatic carbocycles. The molecule has 13 heavy (non-hydrogen) atoms. The maximum Gasteiger partial charge on any atom is 0.573 e. The second-order valence-corrected chi connectivity index (χ2v) is 2.84. The number of rotatable bonds is 1. The molecule has 0 aliphatic rings. The lowest BCUT2D eigenvalue weighted by molar-refractivity contribution is -0.275. The zero-order chi connectivity index (χ0) is 10.1. The van der Waals surface area contributed by atoms with Crippen molar-refractivity contribution in [2.24, 2.45) is 0 Å². The second-order valence-electron chi connectivity index (χ2n) is 1.99. The lowest BCUT2D eigenvalue weighted by atomic mass is 10.4. The van der Waals surface area contributed by atoms with Crippen molar-refractivity contribution in [3.05, 3.63) is 22.7 Å². The first-order valence-corrected chi connectivity index (χ1v) is 3.74. The van der Waals surface area contributed by atoms with Gasteiger partial charge in [0.15, 0.2) is 0 Å². The highest BCUT2D eigenvalue weighted by Crippen LogP contribution is 2.29. The number of pyridine rings is 1. The normalized spacial score (nSPS) is 11.5. The summed E-state index contributed by atoms with van der Waals surface area (Å²) in [6, 6.07) is 0.539. The molecule has 0 saturated heterocycles. The maximum absolute atomic E-state index is 12.3. The number of alkyl halides is 3. The van der Waals surface area contributed by atoms with Crippen molar-refractivity contribution in [1.82, 2.24) is 4.98 Å². The van der Waals surface area contributed by atoms with Gasteiger partial charge in [0.2, 0.25) is 5.95 Å². The molecule has 1 rings (SSSR count). The van der Waals surface area contributed by atoms with Gasteiger partial charge in [0, 0.05) is 12.3 Å². The Morgan fingerprint density at radius 3 is 2.54 bits per heavy atom. The molecular weight excluding hydrogens is 258 g/mol. The van der Waals surface area contributed by atoms with Crippen molar-refractivity contribution in [3.63, 3.8) is 0 Å². The summed E-state index contributed by atoms with van der Waals surface area (Å²) in [5.41, 5.74) is 0. The second kappa shape index (κ2) is 3.49.